The van der Waals surface area contributed by atoms with E-state index in [-0.39, 0.29) is 61.0 Å². The molecule has 0 bridgehead atoms. The van der Waals surface area contributed by atoms with Crippen molar-refractivity contribution in [2.45, 2.75) is 62.0 Å². The third kappa shape index (κ3) is 6.89. The molecule has 14 heteroatoms. The number of nitrogens with two attached hydrogens (primary N) is 2. The summed E-state index contributed by atoms with van der Waals surface area (Å²) in [4.78, 5) is 31.5. The average molecular weight is 634 g/mol. The number of rotatable bonds is 7. The van der Waals surface area contributed by atoms with Crippen LogP contribution in [0.2, 0.25) is 0 Å². The molecule has 0 saturated carbocycles. The molecule has 3 aliphatic heterocycles. The number of halogens is 2. The fourth-order valence-corrected chi connectivity index (χ4v) is 7.83. The maximum absolute atomic E-state index is 14.2. The number of ether oxygens (including phenoxy) is 1. The van der Waals surface area contributed by atoms with Crippen LogP contribution in [0, 0.1) is 11.3 Å². The van der Waals surface area contributed by atoms with E-state index < -0.39 is 33.4 Å². The molecule has 3 atom stereocenters. The predicted octanol–water partition coefficient (Wildman–Crippen LogP) is 1.66. The van der Waals surface area contributed by atoms with Crippen molar-refractivity contribution in [3.63, 3.8) is 0 Å². The van der Waals surface area contributed by atoms with Gasteiger partial charge in [0.05, 0.1) is 18.0 Å². The van der Waals surface area contributed by atoms with Crippen molar-refractivity contribution in [2.24, 2.45) is 17.4 Å². The van der Waals surface area contributed by atoms with Gasteiger partial charge in [-0.2, -0.15) is 4.31 Å². The minimum Gasteiger partial charge on any atom is -0.467 e. The molecule has 5 N–H and O–H groups in total. The fourth-order valence-electron chi connectivity index (χ4n) is 6.05. The Morgan fingerprint density at radius 1 is 1.17 bits per heavy atom. The summed E-state index contributed by atoms with van der Waals surface area (Å²) in [7, 11) is -1.12. The maximum Gasteiger partial charge on any atom is 0.335 e. The van der Waals surface area contributed by atoms with Crippen LogP contribution >= 0.6 is 24.8 Å². The SMILES string of the molecule is COC(=O)[C@@]1(C(=O)C(N)CC2=CCCN(C(=N)N)C2)C[C@@H](C)CCN1S(=O)(=O)c1ccc2c(c1)CN(C)CC2.Cl.Cl. The van der Waals surface area contributed by atoms with Crippen LogP contribution < -0.4 is 11.5 Å². The van der Waals surface area contributed by atoms with Crippen molar-refractivity contribution in [1.29, 1.82) is 5.41 Å². The van der Waals surface area contributed by atoms with Crippen LogP contribution in [0.25, 0.3) is 0 Å². The van der Waals surface area contributed by atoms with Crippen molar-refractivity contribution >= 4 is 52.5 Å². The van der Waals surface area contributed by atoms with Crippen molar-refractivity contribution in [2.75, 3.05) is 40.3 Å². The molecule has 3 aliphatic rings. The summed E-state index contributed by atoms with van der Waals surface area (Å²) in [5.74, 6) is -1.77. The van der Waals surface area contributed by atoms with Crippen LogP contribution in [0.15, 0.2) is 34.7 Å². The number of esters is 1. The van der Waals surface area contributed by atoms with Crippen LogP contribution in [0.3, 0.4) is 0 Å². The lowest BCUT2D eigenvalue weighted by molar-refractivity contribution is -0.161. The van der Waals surface area contributed by atoms with Crippen LogP contribution in [0.1, 0.15) is 43.7 Å². The van der Waals surface area contributed by atoms with E-state index in [1.54, 1.807) is 17.0 Å². The number of piperidine rings is 1. The minimum absolute atomic E-state index is 0. The smallest absolute Gasteiger partial charge is 0.335 e. The molecule has 1 aromatic rings. The van der Waals surface area contributed by atoms with Crippen LogP contribution in [-0.2, 0) is 37.3 Å². The van der Waals surface area contributed by atoms with Gasteiger partial charge in [0.15, 0.2) is 17.3 Å². The standard InChI is InChI=1S/C27H40N6O5S.2ClH/c1-18-8-12-33(39(36,37)22-7-6-20-9-11-31(2)17-21(20)14-22)27(15-18,25(35)38-3)24(34)23(28)13-19-5-4-10-32(16-19)26(29)30;;/h5-7,14,18,23H,4,8-13,15-17,28H2,1-3H3,(H3,29,30);2*1H/t18-,23?,27-;;/m0../s1. The lowest BCUT2D eigenvalue weighted by Crippen LogP contribution is -2.68. The van der Waals surface area contributed by atoms with Gasteiger partial charge in [-0.15, -0.1) is 24.8 Å². The topological polar surface area (TPSA) is 163 Å². The summed E-state index contributed by atoms with van der Waals surface area (Å²) in [6, 6.07) is 3.90. The van der Waals surface area contributed by atoms with Gasteiger partial charge in [0, 0.05) is 32.7 Å². The zero-order valence-corrected chi connectivity index (χ0v) is 26.2. The molecule has 1 saturated heterocycles. The summed E-state index contributed by atoms with van der Waals surface area (Å²) >= 11 is 0. The molecule has 0 aliphatic carbocycles. The Kier molecular flexibility index (Phi) is 11.8. The van der Waals surface area contributed by atoms with E-state index in [0.29, 0.717) is 32.5 Å². The Bertz CT molecular complexity index is 1290. The number of carbonyl (C=O) groups is 2. The highest BCUT2D eigenvalue weighted by Crippen LogP contribution is 2.39. The molecule has 1 fully saturated rings. The van der Waals surface area contributed by atoms with E-state index in [1.807, 2.05) is 26.1 Å². The summed E-state index contributed by atoms with van der Waals surface area (Å²) in [6.45, 7) is 4.34. The number of fused-ring (bicyclic) bond motifs is 1. The number of benzene rings is 1. The second-order valence-corrected chi connectivity index (χ2v) is 12.9. The molecule has 0 radical (unpaired) electrons. The minimum atomic E-state index is -4.26. The first-order valence-electron chi connectivity index (χ1n) is 13.4. The molecule has 0 amide bonds. The second-order valence-electron chi connectivity index (χ2n) is 11.1. The van der Waals surface area contributed by atoms with E-state index in [2.05, 4.69) is 4.90 Å². The van der Waals surface area contributed by atoms with Gasteiger partial charge < -0.3 is 26.0 Å². The molecule has 230 valence electrons. The van der Waals surface area contributed by atoms with E-state index in [1.165, 1.54) is 0 Å². The van der Waals surface area contributed by atoms with Crippen LogP contribution in [0.4, 0.5) is 0 Å². The largest absolute Gasteiger partial charge is 0.467 e. The predicted molar refractivity (Wildman–Crippen MR) is 162 cm³/mol. The number of Topliss-reactive ketones (excluding diaryl/α,β-unsaturated/α-hetero) is 1. The zero-order valence-electron chi connectivity index (χ0n) is 23.8. The summed E-state index contributed by atoms with van der Waals surface area (Å²) in [5.41, 5.74) is 12.8. The molecule has 3 heterocycles. The number of hydrogen-bond donors (Lipinski definition) is 3. The first-order chi connectivity index (χ1) is 18.4. The molecule has 4 rings (SSSR count). The highest BCUT2D eigenvalue weighted by molar-refractivity contribution is 7.89. The molecule has 1 unspecified atom stereocenters. The van der Waals surface area contributed by atoms with Gasteiger partial charge in [0.1, 0.15) is 0 Å². The highest BCUT2D eigenvalue weighted by Gasteiger charge is 2.59. The Morgan fingerprint density at radius 3 is 2.54 bits per heavy atom. The van der Waals surface area contributed by atoms with Gasteiger partial charge >= 0.3 is 5.97 Å². The van der Waals surface area contributed by atoms with Gasteiger partial charge in [-0.3, -0.25) is 10.2 Å². The fraction of sp³-hybridized carbons (Fsp3) is 0.593. The number of likely N-dealkylation sites (N-methyl/N-ethyl adjacent to an activating group) is 1. The van der Waals surface area contributed by atoms with E-state index >= 15 is 0 Å². The third-order valence-corrected chi connectivity index (χ3v) is 10.1. The van der Waals surface area contributed by atoms with Crippen LogP contribution in [-0.4, -0.2) is 92.2 Å². The monoisotopic (exact) mass is 632 g/mol. The number of methoxy groups -OCH3 is 1. The molecular weight excluding hydrogens is 591 g/mol. The van der Waals surface area contributed by atoms with Crippen molar-refractivity contribution in [3.8, 4) is 0 Å². The molecule has 11 nitrogen and oxygen atoms in total. The van der Waals surface area contributed by atoms with Crippen molar-refractivity contribution in [3.05, 3.63) is 41.0 Å². The van der Waals surface area contributed by atoms with Gasteiger partial charge in [-0.25, -0.2) is 13.2 Å². The Labute approximate surface area is 255 Å². The first kappa shape index (κ1) is 35.0. The molecular formula is C27H42Cl2N6O5S. The Morgan fingerprint density at radius 2 is 1.88 bits per heavy atom. The first-order valence-corrected chi connectivity index (χ1v) is 14.8. The molecule has 41 heavy (non-hydrogen) atoms. The van der Waals surface area contributed by atoms with E-state index in [4.69, 9.17) is 21.6 Å². The number of ketones is 1. The third-order valence-electron chi connectivity index (χ3n) is 8.18. The maximum atomic E-state index is 14.2. The molecule has 0 spiro atoms. The highest BCUT2D eigenvalue weighted by atomic mass is 35.5. The van der Waals surface area contributed by atoms with Crippen LogP contribution in [0.5, 0.6) is 0 Å². The summed E-state index contributed by atoms with van der Waals surface area (Å²) in [5, 5.41) is 7.73. The summed E-state index contributed by atoms with van der Waals surface area (Å²) in [6.07, 6.45) is 4.02. The number of guanidine groups is 1. The quantitative estimate of drug-likeness (QED) is 0.133. The van der Waals surface area contributed by atoms with Crippen molar-refractivity contribution in [1.82, 2.24) is 14.1 Å². The number of sulfonamides is 1. The average Bonchev–Trinajstić information content (AvgIpc) is 2.91. The summed E-state index contributed by atoms with van der Waals surface area (Å²) < 4.78 is 34.5. The lowest BCUT2D eigenvalue weighted by Gasteiger charge is -2.45. The second kappa shape index (κ2) is 13.8. The Balaban J connectivity index is 0.00000294. The van der Waals surface area contributed by atoms with Gasteiger partial charge in [0.2, 0.25) is 10.0 Å². The molecule has 0 aromatic heterocycles. The van der Waals surface area contributed by atoms with Gasteiger partial charge in [-0.05, 0) is 68.3 Å². The van der Waals surface area contributed by atoms with E-state index in [0.717, 1.165) is 41.1 Å². The van der Waals surface area contributed by atoms with E-state index in [9.17, 15) is 18.0 Å². The number of nitrogens with one attached hydrogen (secondary N) is 1. The van der Waals surface area contributed by atoms with Gasteiger partial charge in [0.25, 0.3) is 0 Å². The van der Waals surface area contributed by atoms with Gasteiger partial charge in [-0.1, -0.05) is 24.6 Å². The molecule has 1 aromatic carbocycles. The number of nitrogens with zero attached hydrogens (tertiary/aromatic N) is 3. The lowest BCUT2D eigenvalue weighted by atomic mass is 9.76. The normalized spacial score (nSPS) is 24.1. The Hall–Kier alpha value is -2.22. The number of hydrogen-bond acceptors (Lipinski definition) is 8. The zero-order chi connectivity index (χ0) is 28.5. The van der Waals surface area contributed by atoms with Crippen molar-refractivity contribution < 1.29 is 22.7 Å². The number of carbonyl (C=O) groups excluding carboxylic acids is 2.